The fraction of sp³-hybridized carbons (Fsp3) is 0.111. The first-order chi connectivity index (χ1) is 16.1. The summed E-state index contributed by atoms with van der Waals surface area (Å²) in [7, 11) is 0. The maximum atomic E-state index is 13.7. The van der Waals surface area contributed by atoms with Gasteiger partial charge in [-0.3, -0.25) is 9.36 Å². The van der Waals surface area contributed by atoms with Crippen molar-refractivity contribution in [3.63, 3.8) is 0 Å². The molecule has 3 nitrogen and oxygen atoms in total. The molecule has 2 heterocycles. The Bertz CT molecular complexity index is 1600. The first-order valence-electron chi connectivity index (χ1n) is 10.7. The maximum Gasteiger partial charge on any atom is 0.271 e. The fourth-order valence-corrected chi connectivity index (χ4v) is 6.30. The predicted octanol–water partition coefficient (Wildman–Crippen LogP) is 5.69. The van der Waals surface area contributed by atoms with E-state index in [4.69, 9.17) is 4.99 Å². The SMILES string of the molecule is O=c1/c(=C/c2ccc(I)cc2)sc2n1[C@H](c1ccc(Br)cc1)C1=C(N=2)c2ccccc2CC1. The van der Waals surface area contributed by atoms with Gasteiger partial charge in [-0.2, -0.15) is 0 Å². The fourth-order valence-electron chi connectivity index (χ4n) is 4.68. The van der Waals surface area contributed by atoms with E-state index in [0.29, 0.717) is 4.53 Å². The van der Waals surface area contributed by atoms with E-state index in [1.54, 1.807) is 0 Å². The average Bonchev–Trinajstić information content (AvgIpc) is 3.14. The van der Waals surface area contributed by atoms with Crippen LogP contribution in [0.3, 0.4) is 0 Å². The second kappa shape index (κ2) is 8.49. The molecule has 0 saturated heterocycles. The molecule has 1 aliphatic carbocycles. The first-order valence-corrected chi connectivity index (χ1v) is 13.4. The summed E-state index contributed by atoms with van der Waals surface area (Å²) in [6, 6.07) is 24.9. The smallest absolute Gasteiger partial charge is 0.271 e. The number of hydrogen-bond acceptors (Lipinski definition) is 3. The monoisotopic (exact) mass is 624 g/mol. The van der Waals surface area contributed by atoms with Crippen LogP contribution in [0.15, 0.2) is 92.6 Å². The van der Waals surface area contributed by atoms with Gasteiger partial charge >= 0.3 is 0 Å². The van der Waals surface area contributed by atoms with Crippen molar-refractivity contribution in [3.8, 4) is 0 Å². The molecule has 0 fully saturated rings. The first kappa shape index (κ1) is 21.3. The summed E-state index contributed by atoms with van der Waals surface area (Å²) in [5.74, 6) is 0. The lowest BCUT2D eigenvalue weighted by Gasteiger charge is -2.30. The number of allylic oxidation sites excluding steroid dienone is 1. The molecule has 0 spiro atoms. The lowest BCUT2D eigenvalue weighted by atomic mass is 9.83. The third-order valence-corrected chi connectivity index (χ3v) is 8.46. The molecule has 0 radical (unpaired) electrons. The number of benzene rings is 3. The summed E-state index contributed by atoms with van der Waals surface area (Å²) in [5.41, 5.74) is 6.94. The van der Waals surface area contributed by atoms with Gasteiger partial charge in [-0.1, -0.05) is 75.8 Å². The second-order valence-corrected chi connectivity index (χ2v) is 11.4. The minimum Gasteiger partial charge on any atom is -0.272 e. The topological polar surface area (TPSA) is 34.4 Å². The van der Waals surface area contributed by atoms with Gasteiger partial charge in [0, 0.05) is 13.6 Å². The number of fused-ring (bicyclic) bond motifs is 3. The van der Waals surface area contributed by atoms with Crippen molar-refractivity contribution < 1.29 is 0 Å². The molecule has 33 heavy (non-hydrogen) atoms. The maximum absolute atomic E-state index is 13.7. The van der Waals surface area contributed by atoms with Gasteiger partial charge in [0.05, 0.1) is 16.3 Å². The molecular weight excluding hydrogens is 607 g/mol. The molecule has 0 bridgehead atoms. The van der Waals surface area contributed by atoms with Gasteiger partial charge in [0.1, 0.15) is 0 Å². The molecule has 0 amide bonds. The Labute approximate surface area is 217 Å². The Hall–Kier alpha value is -2.29. The zero-order valence-corrected chi connectivity index (χ0v) is 22.0. The summed E-state index contributed by atoms with van der Waals surface area (Å²) >= 11 is 7.32. The molecule has 6 rings (SSSR count). The molecule has 3 aromatic carbocycles. The summed E-state index contributed by atoms with van der Waals surface area (Å²) in [6.45, 7) is 0. The van der Waals surface area contributed by atoms with Crippen LogP contribution in [0.5, 0.6) is 0 Å². The Morgan fingerprint density at radius 3 is 2.55 bits per heavy atom. The average molecular weight is 625 g/mol. The van der Waals surface area contributed by atoms with E-state index in [1.165, 1.54) is 31.6 Å². The van der Waals surface area contributed by atoms with E-state index in [1.807, 2.05) is 34.9 Å². The Morgan fingerprint density at radius 1 is 1.00 bits per heavy atom. The van der Waals surface area contributed by atoms with Crippen LogP contribution >= 0.6 is 49.9 Å². The van der Waals surface area contributed by atoms with Gasteiger partial charge in [0.2, 0.25) is 0 Å². The molecular formula is C27H18BrIN2OS. The summed E-state index contributed by atoms with van der Waals surface area (Å²) in [5, 5.41) is 0. The van der Waals surface area contributed by atoms with Gasteiger partial charge in [0.15, 0.2) is 4.80 Å². The highest BCUT2D eigenvalue weighted by molar-refractivity contribution is 14.1. The van der Waals surface area contributed by atoms with Crippen LogP contribution in [0.1, 0.15) is 34.7 Å². The van der Waals surface area contributed by atoms with Crippen molar-refractivity contribution in [2.75, 3.05) is 0 Å². The number of hydrogen-bond donors (Lipinski definition) is 0. The number of halogens is 2. The van der Waals surface area contributed by atoms with Gasteiger partial charge in [-0.05, 0) is 88.0 Å². The molecule has 1 aromatic heterocycles. The number of thiazole rings is 1. The Morgan fingerprint density at radius 2 is 1.76 bits per heavy atom. The molecule has 0 N–H and O–H groups in total. The summed E-state index contributed by atoms with van der Waals surface area (Å²) in [4.78, 5) is 19.5. The van der Waals surface area contributed by atoms with Crippen molar-refractivity contribution in [1.82, 2.24) is 4.57 Å². The highest BCUT2D eigenvalue weighted by Gasteiger charge is 2.32. The van der Waals surface area contributed by atoms with Crippen molar-refractivity contribution in [2.45, 2.75) is 18.9 Å². The van der Waals surface area contributed by atoms with E-state index < -0.39 is 0 Å². The lowest BCUT2D eigenvalue weighted by molar-refractivity contribution is 0.585. The zero-order chi connectivity index (χ0) is 22.5. The van der Waals surface area contributed by atoms with E-state index in [2.05, 4.69) is 87.1 Å². The minimum atomic E-state index is -0.142. The zero-order valence-electron chi connectivity index (χ0n) is 17.5. The van der Waals surface area contributed by atoms with E-state index in [0.717, 1.165) is 38.9 Å². The van der Waals surface area contributed by atoms with E-state index in [-0.39, 0.29) is 11.6 Å². The molecule has 0 unspecified atom stereocenters. The third kappa shape index (κ3) is 3.78. The van der Waals surface area contributed by atoms with Crippen LogP contribution in [0.25, 0.3) is 11.8 Å². The highest BCUT2D eigenvalue weighted by atomic mass is 127. The van der Waals surface area contributed by atoms with Crippen molar-refractivity contribution in [1.29, 1.82) is 0 Å². The van der Waals surface area contributed by atoms with Gasteiger partial charge in [-0.25, -0.2) is 4.99 Å². The number of nitrogens with zero attached hydrogens (tertiary/aromatic N) is 2. The van der Waals surface area contributed by atoms with Crippen molar-refractivity contribution in [3.05, 3.63) is 128 Å². The van der Waals surface area contributed by atoms with Crippen molar-refractivity contribution >= 4 is 61.6 Å². The molecule has 2 aliphatic rings. The van der Waals surface area contributed by atoms with Gasteiger partial charge in [0.25, 0.3) is 5.56 Å². The number of rotatable bonds is 2. The molecule has 162 valence electrons. The largest absolute Gasteiger partial charge is 0.272 e. The summed E-state index contributed by atoms with van der Waals surface area (Å²) < 4.78 is 4.82. The molecule has 6 heteroatoms. The predicted molar refractivity (Wildman–Crippen MR) is 146 cm³/mol. The highest BCUT2D eigenvalue weighted by Crippen LogP contribution is 2.41. The lowest BCUT2D eigenvalue weighted by Crippen LogP contribution is -2.38. The van der Waals surface area contributed by atoms with Crippen LogP contribution in [0.4, 0.5) is 0 Å². The van der Waals surface area contributed by atoms with Crippen molar-refractivity contribution in [2.24, 2.45) is 4.99 Å². The normalized spacial score (nSPS) is 17.3. The Kier molecular flexibility index (Phi) is 5.47. The third-order valence-electron chi connectivity index (χ3n) is 6.23. The van der Waals surface area contributed by atoms with Crippen LogP contribution in [0, 0.1) is 3.57 Å². The second-order valence-electron chi connectivity index (χ2n) is 8.22. The van der Waals surface area contributed by atoms with E-state index >= 15 is 0 Å². The summed E-state index contributed by atoms with van der Waals surface area (Å²) in [6.07, 6.45) is 3.84. The van der Waals surface area contributed by atoms with E-state index in [9.17, 15) is 4.79 Å². The standard InChI is InChI=1S/C27H18BrIN2OS/c28-19-10-7-18(8-11-19)25-22-14-9-17-3-1-2-4-21(17)24(22)30-27-31(25)26(32)23(33-27)15-16-5-12-20(29)13-6-16/h1-8,10-13,15,25H,9,14H2/b23-15-/t25-/m1/s1. The Balaban J connectivity index is 1.62. The minimum absolute atomic E-state index is 0.0237. The molecule has 0 saturated carbocycles. The van der Waals surface area contributed by atoms with Crippen LogP contribution in [-0.2, 0) is 6.42 Å². The van der Waals surface area contributed by atoms with Crippen LogP contribution < -0.4 is 14.9 Å². The quantitative estimate of drug-likeness (QED) is 0.264. The van der Waals surface area contributed by atoms with Gasteiger partial charge in [-0.15, -0.1) is 0 Å². The van der Waals surface area contributed by atoms with Crippen LogP contribution in [-0.4, -0.2) is 4.57 Å². The number of aryl methyl sites for hydroxylation is 1. The number of aromatic nitrogens is 1. The molecule has 1 atom stereocenters. The van der Waals surface area contributed by atoms with Crippen LogP contribution in [0.2, 0.25) is 0 Å². The van der Waals surface area contributed by atoms with Gasteiger partial charge < -0.3 is 0 Å². The molecule has 4 aromatic rings. The molecule has 1 aliphatic heterocycles.